The van der Waals surface area contributed by atoms with Gasteiger partial charge in [0.05, 0.1) is 0 Å². The molecular formula is C17H30OS. The molecule has 1 nitrogen and oxygen atoms in total. The van der Waals surface area contributed by atoms with Crippen LogP contribution in [0.5, 0.6) is 0 Å². The number of rotatable bonds is 7. The second-order valence-corrected chi connectivity index (χ2v) is 8.31. The van der Waals surface area contributed by atoms with E-state index in [4.69, 9.17) is 0 Å². The fraction of sp³-hybridized carbons (Fsp3) is 0.824. The quantitative estimate of drug-likeness (QED) is 0.605. The summed E-state index contributed by atoms with van der Waals surface area (Å²) in [4.78, 5) is 11.8. The Morgan fingerprint density at radius 3 is 2.21 bits per heavy atom. The lowest BCUT2D eigenvalue weighted by atomic mass is 9.88. The highest BCUT2D eigenvalue weighted by Gasteiger charge is 2.38. The summed E-state index contributed by atoms with van der Waals surface area (Å²) in [5.41, 5.74) is 2.29. The molecule has 0 fully saturated rings. The third-order valence-electron chi connectivity index (χ3n) is 4.57. The van der Waals surface area contributed by atoms with Crippen molar-refractivity contribution in [2.45, 2.75) is 78.4 Å². The molecule has 0 N–H and O–H groups in total. The van der Waals surface area contributed by atoms with Crippen LogP contribution in [-0.2, 0) is 4.79 Å². The Bertz CT molecular complexity index is 356. The maximum absolute atomic E-state index is 11.8. The molecule has 2 unspecified atom stereocenters. The Morgan fingerprint density at radius 2 is 1.74 bits per heavy atom. The molecule has 1 aliphatic rings. The van der Waals surface area contributed by atoms with Gasteiger partial charge in [-0.05, 0) is 51.0 Å². The van der Waals surface area contributed by atoms with Gasteiger partial charge in [0.1, 0.15) is 0 Å². The Morgan fingerprint density at radius 1 is 1.11 bits per heavy atom. The van der Waals surface area contributed by atoms with E-state index in [0.29, 0.717) is 0 Å². The lowest BCUT2D eigenvalue weighted by Gasteiger charge is -2.26. The van der Waals surface area contributed by atoms with Gasteiger partial charge in [0.2, 0.25) is 5.12 Å². The minimum Gasteiger partial charge on any atom is -0.282 e. The van der Waals surface area contributed by atoms with E-state index in [1.54, 1.807) is 11.8 Å². The fourth-order valence-electron chi connectivity index (χ4n) is 2.69. The summed E-state index contributed by atoms with van der Waals surface area (Å²) in [5.74, 6) is 1.60. The Labute approximate surface area is 123 Å². The van der Waals surface area contributed by atoms with Crippen LogP contribution >= 0.6 is 11.8 Å². The van der Waals surface area contributed by atoms with E-state index < -0.39 is 0 Å². The van der Waals surface area contributed by atoms with Crippen molar-refractivity contribution in [2.24, 2.45) is 11.8 Å². The molecule has 0 spiro atoms. The molecule has 1 aliphatic heterocycles. The van der Waals surface area contributed by atoms with Crippen LogP contribution in [0.3, 0.4) is 0 Å². The zero-order valence-electron chi connectivity index (χ0n) is 13.5. The van der Waals surface area contributed by atoms with E-state index >= 15 is 0 Å². The lowest BCUT2D eigenvalue weighted by Crippen LogP contribution is -2.20. The number of hydrogen-bond acceptors (Lipinski definition) is 2. The number of carbonyl (C=O) groups excluding carboxylic acids is 1. The van der Waals surface area contributed by atoms with E-state index in [9.17, 15) is 4.79 Å². The molecule has 2 heteroatoms. The van der Waals surface area contributed by atoms with Crippen LogP contribution in [0.4, 0.5) is 0 Å². The van der Waals surface area contributed by atoms with Crippen molar-refractivity contribution < 1.29 is 4.79 Å². The van der Waals surface area contributed by atoms with Crippen molar-refractivity contribution in [2.75, 3.05) is 0 Å². The summed E-state index contributed by atoms with van der Waals surface area (Å²) in [7, 11) is 0. The Kier molecular flexibility index (Phi) is 6.16. The largest absolute Gasteiger partial charge is 0.282 e. The zero-order valence-corrected chi connectivity index (χ0v) is 14.3. The highest BCUT2D eigenvalue weighted by Crippen LogP contribution is 2.46. The molecule has 1 heterocycles. The highest BCUT2D eigenvalue weighted by molar-refractivity contribution is 8.15. The van der Waals surface area contributed by atoms with Crippen LogP contribution in [-0.4, -0.2) is 9.86 Å². The van der Waals surface area contributed by atoms with Crippen molar-refractivity contribution in [3.63, 3.8) is 0 Å². The van der Waals surface area contributed by atoms with Gasteiger partial charge in [-0.2, -0.15) is 0 Å². The summed E-state index contributed by atoms with van der Waals surface area (Å²) in [6.45, 7) is 13.3. The summed E-state index contributed by atoms with van der Waals surface area (Å²) in [6.07, 6.45) is 6.38. The molecule has 0 aromatic carbocycles. The van der Waals surface area contributed by atoms with Gasteiger partial charge in [0.25, 0.3) is 0 Å². The second-order valence-electron chi connectivity index (χ2n) is 6.84. The second kappa shape index (κ2) is 6.97. The first kappa shape index (κ1) is 16.8. The molecule has 0 saturated carbocycles. The lowest BCUT2D eigenvalue weighted by molar-refractivity contribution is -0.107. The maximum Gasteiger partial charge on any atom is 0.215 e. The standard InChI is InChI=1S/C17H30OS/c1-12(2)8-7-9-13(3)10-11-17(6)15(5)14(4)16(18)19-17/h12-13H,7-11H2,1-6H3. The minimum absolute atomic E-state index is 0.0630. The highest BCUT2D eigenvalue weighted by atomic mass is 32.2. The van der Waals surface area contributed by atoms with Crippen molar-refractivity contribution in [3.05, 3.63) is 11.1 Å². The molecule has 2 atom stereocenters. The molecule has 0 aliphatic carbocycles. The van der Waals surface area contributed by atoms with Crippen molar-refractivity contribution >= 4 is 16.9 Å². The smallest absolute Gasteiger partial charge is 0.215 e. The van der Waals surface area contributed by atoms with Gasteiger partial charge in [-0.25, -0.2) is 0 Å². The third-order valence-corrected chi connectivity index (χ3v) is 6.02. The zero-order chi connectivity index (χ0) is 14.6. The number of thioether (sulfide) groups is 1. The topological polar surface area (TPSA) is 17.1 Å². The van der Waals surface area contributed by atoms with Crippen LogP contribution in [0.1, 0.15) is 73.6 Å². The van der Waals surface area contributed by atoms with Gasteiger partial charge in [-0.1, -0.05) is 51.8 Å². The summed E-state index contributed by atoms with van der Waals surface area (Å²) in [6, 6.07) is 0. The molecule has 19 heavy (non-hydrogen) atoms. The van der Waals surface area contributed by atoms with E-state index in [2.05, 4.69) is 34.6 Å². The van der Waals surface area contributed by atoms with Gasteiger partial charge < -0.3 is 0 Å². The van der Waals surface area contributed by atoms with Crippen LogP contribution in [0.25, 0.3) is 0 Å². The Balaban J connectivity index is 2.38. The molecule has 0 aromatic rings. The Hall–Kier alpha value is -0.240. The molecule has 0 saturated heterocycles. The average Bonchev–Trinajstić information content (AvgIpc) is 2.51. The van der Waals surface area contributed by atoms with Gasteiger partial charge in [-0.3, -0.25) is 4.79 Å². The molecule has 110 valence electrons. The first-order chi connectivity index (χ1) is 8.76. The van der Waals surface area contributed by atoms with Crippen LogP contribution in [0.2, 0.25) is 0 Å². The monoisotopic (exact) mass is 282 g/mol. The third kappa shape index (κ3) is 4.66. The maximum atomic E-state index is 11.8. The van der Waals surface area contributed by atoms with E-state index in [0.717, 1.165) is 23.8 Å². The number of carbonyl (C=O) groups is 1. The first-order valence-corrected chi connectivity index (χ1v) is 8.49. The van der Waals surface area contributed by atoms with E-state index in [1.807, 2.05) is 6.92 Å². The van der Waals surface area contributed by atoms with Gasteiger partial charge in [0, 0.05) is 10.3 Å². The van der Waals surface area contributed by atoms with Gasteiger partial charge in [0.15, 0.2) is 0 Å². The molecular weight excluding hydrogens is 252 g/mol. The van der Waals surface area contributed by atoms with Crippen LogP contribution in [0.15, 0.2) is 11.1 Å². The van der Waals surface area contributed by atoms with Gasteiger partial charge >= 0.3 is 0 Å². The summed E-state index contributed by atoms with van der Waals surface area (Å²) >= 11 is 1.54. The summed E-state index contributed by atoms with van der Waals surface area (Å²) < 4.78 is 0.0630. The normalized spacial score (nSPS) is 25.5. The predicted molar refractivity (Wildman–Crippen MR) is 86.5 cm³/mol. The van der Waals surface area contributed by atoms with E-state index in [-0.39, 0.29) is 9.86 Å². The fourth-order valence-corrected chi connectivity index (χ4v) is 3.93. The molecule has 0 radical (unpaired) electrons. The first-order valence-electron chi connectivity index (χ1n) is 7.67. The van der Waals surface area contributed by atoms with Gasteiger partial charge in [-0.15, -0.1) is 0 Å². The molecule has 0 amide bonds. The molecule has 1 rings (SSSR count). The number of hydrogen-bond donors (Lipinski definition) is 0. The van der Waals surface area contributed by atoms with E-state index in [1.165, 1.54) is 31.3 Å². The van der Waals surface area contributed by atoms with Crippen molar-refractivity contribution in [1.82, 2.24) is 0 Å². The molecule has 0 bridgehead atoms. The van der Waals surface area contributed by atoms with Crippen molar-refractivity contribution in [1.29, 1.82) is 0 Å². The van der Waals surface area contributed by atoms with Crippen LogP contribution < -0.4 is 0 Å². The molecule has 0 aromatic heterocycles. The SMILES string of the molecule is CC1=C(C)C(C)(CCC(C)CCCC(C)C)SC1=O. The average molecular weight is 282 g/mol. The predicted octanol–water partition coefficient (Wildman–Crippen LogP) is 5.60. The van der Waals surface area contributed by atoms with Crippen molar-refractivity contribution in [3.8, 4) is 0 Å². The summed E-state index contributed by atoms with van der Waals surface area (Å²) in [5, 5.41) is 0.285. The van der Waals surface area contributed by atoms with Crippen LogP contribution in [0, 0.1) is 11.8 Å². The minimum atomic E-state index is 0.0630.